The van der Waals surface area contributed by atoms with Crippen LogP contribution in [0.3, 0.4) is 0 Å². The molecule has 0 fully saturated rings. The van der Waals surface area contributed by atoms with Crippen LogP contribution in [-0.2, 0) is 10.0 Å². The lowest BCUT2D eigenvalue weighted by Gasteiger charge is -2.09. The van der Waals surface area contributed by atoms with Crippen molar-refractivity contribution >= 4 is 32.8 Å². The van der Waals surface area contributed by atoms with Crippen molar-refractivity contribution in [3.05, 3.63) is 42.5 Å². The van der Waals surface area contributed by atoms with E-state index in [1.54, 1.807) is 18.2 Å². The fourth-order valence-corrected chi connectivity index (χ4v) is 2.62. The molecular weight excluding hydrogens is 264 g/mol. The van der Waals surface area contributed by atoms with Crippen molar-refractivity contribution in [2.24, 2.45) is 0 Å². The number of rotatable bonds is 3. The Balaban J connectivity index is 2.35. The molecule has 7 heteroatoms. The van der Waals surface area contributed by atoms with Gasteiger partial charge in [0.2, 0.25) is 0 Å². The van der Waals surface area contributed by atoms with Crippen molar-refractivity contribution in [1.29, 1.82) is 0 Å². The van der Waals surface area contributed by atoms with E-state index in [1.807, 2.05) is 0 Å². The van der Waals surface area contributed by atoms with Crippen molar-refractivity contribution in [1.82, 2.24) is 0 Å². The summed E-state index contributed by atoms with van der Waals surface area (Å²) in [6.45, 7) is 0. The minimum atomic E-state index is -3.71. The summed E-state index contributed by atoms with van der Waals surface area (Å²) < 4.78 is 26.7. The van der Waals surface area contributed by atoms with E-state index in [9.17, 15) is 8.42 Å². The molecule has 0 radical (unpaired) electrons. The van der Waals surface area contributed by atoms with Crippen LogP contribution < -0.4 is 21.9 Å². The lowest BCUT2D eigenvalue weighted by molar-refractivity contribution is 0.601. The number of benzene rings is 2. The molecule has 2 rings (SSSR count). The summed E-state index contributed by atoms with van der Waals surface area (Å²) in [6, 6.07) is 10.6. The number of nitrogens with two attached hydrogens (primary N) is 3. The highest BCUT2D eigenvalue weighted by molar-refractivity contribution is 7.92. The summed E-state index contributed by atoms with van der Waals surface area (Å²) >= 11 is 0. The molecule has 0 aliphatic carbocycles. The molecule has 0 unspecified atom stereocenters. The molecular formula is C12H14N4O2S. The van der Waals surface area contributed by atoms with Crippen LogP contribution in [0.2, 0.25) is 0 Å². The highest BCUT2D eigenvalue weighted by atomic mass is 32.2. The van der Waals surface area contributed by atoms with E-state index in [1.165, 1.54) is 24.3 Å². The molecule has 0 aliphatic rings. The van der Waals surface area contributed by atoms with Crippen molar-refractivity contribution in [3.8, 4) is 0 Å². The zero-order valence-corrected chi connectivity index (χ0v) is 10.8. The molecule has 0 bridgehead atoms. The van der Waals surface area contributed by atoms with Gasteiger partial charge in [-0.2, -0.15) is 0 Å². The maximum atomic E-state index is 12.1. The van der Waals surface area contributed by atoms with Crippen LogP contribution in [0, 0.1) is 0 Å². The van der Waals surface area contributed by atoms with Gasteiger partial charge in [0.05, 0.1) is 22.0 Å². The Morgan fingerprint density at radius 1 is 0.895 bits per heavy atom. The molecule has 0 amide bonds. The minimum absolute atomic E-state index is 0.0432. The van der Waals surface area contributed by atoms with Crippen LogP contribution in [0.4, 0.5) is 22.7 Å². The second-order valence-corrected chi connectivity index (χ2v) is 5.70. The van der Waals surface area contributed by atoms with Crippen molar-refractivity contribution in [2.45, 2.75) is 4.90 Å². The second-order valence-electron chi connectivity index (χ2n) is 4.02. The highest BCUT2D eigenvalue weighted by Gasteiger charge is 2.15. The Hall–Kier alpha value is -2.41. The number of nitrogens with one attached hydrogen (secondary N) is 1. The van der Waals surface area contributed by atoms with Crippen LogP contribution in [0.25, 0.3) is 0 Å². The minimum Gasteiger partial charge on any atom is -0.399 e. The zero-order valence-electron chi connectivity index (χ0n) is 10.00. The van der Waals surface area contributed by atoms with E-state index in [4.69, 9.17) is 17.2 Å². The summed E-state index contributed by atoms with van der Waals surface area (Å²) in [5, 5.41) is 0. The topological polar surface area (TPSA) is 124 Å². The zero-order chi connectivity index (χ0) is 14.0. The van der Waals surface area contributed by atoms with E-state index in [0.717, 1.165) is 0 Å². The van der Waals surface area contributed by atoms with E-state index in [0.29, 0.717) is 17.1 Å². The number of sulfonamides is 1. The van der Waals surface area contributed by atoms with E-state index < -0.39 is 10.0 Å². The maximum Gasteiger partial charge on any atom is 0.261 e. The lowest BCUT2D eigenvalue weighted by atomic mass is 10.3. The summed E-state index contributed by atoms with van der Waals surface area (Å²) in [7, 11) is -3.71. The second kappa shape index (κ2) is 4.69. The monoisotopic (exact) mass is 278 g/mol. The summed E-state index contributed by atoms with van der Waals surface area (Å²) in [4.78, 5) is 0.0432. The molecule has 0 saturated carbocycles. The third-order valence-corrected chi connectivity index (χ3v) is 3.89. The Morgan fingerprint density at radius 2 is 1.63 bits per heavy atom. The first-order valence-corrected chi connectivity index (χ1v) is 6.90. The van der Waals surface area contributed by atoms with Gasteiger partial charge in [0.15, 0.2) is 0 Å². The molecule has 0 aliphatic heterocycles. The Bertz CT molecular complexity index is 713. The first kappa shape index (κ1) is 13.0. The SMILES string of the molecule is Nc1cccc(NS(=O)(=O)c2ccc(N)c(N)c2)c1. The number of nitrogen functional groups attached to an aromatic ring is 3. The third kappa shape index (κ3) is 2.89. The molecule has 0 heterocycles. The fourth-order valence-electron chi connectivity index (χ4n) is 1.54. The number of anilines is 4. The Morgan fingerprint density at radius 3 is 2.26 bits per heavy atom. The standard InChI is InChI=1S/C12H14N4O2S/c13-8-2-1-3-9(6-8)16-19(17,18)10-4-5-11(14)12(15)7-10/h1-7,16H,13-15H2. The Labute approximate surface area is 111 Å². The van der Waals surface area contributed by atoms with Gasteiger partial charge in [-0.15, -0.1) is 0 Å². The normalized spacial score (nSPS) is 11.2. The van der Waals surface area contributed by atoms with Crippen molar-refractivity contribution in [3.63, 3.8) is 0 Å². The van der Waals surface area contributed by atoms with Gasteiger partial charge < -0.3 is 17.2 Å². The fraction of sp³-hybridized carbons (Fsp3) is 0. The first-order chi connectivity index (χ1) is 8.88. The maximum absolute atomic E-state index is 12.1. The molecule has 0 aromatic heterocycles. The van der Waals surface area contributed by atoms with Crippen LogP contribution in [-0.4, -0.2) is 8.42 Å². The van der Waals surface area contributed by atoms with Gasteiger partial charge in [0.25, 0.3) is 10.0 Å². The Kier molecular flexibility index (Phi) is 3.22. The van der Waals surface area contributed by atoms with Gasteiger partial charge in [-0.25, -0.2) is 8.42 Å². The van der Waals surface area contributed by atoms with Crippen molar-refractivity contribution < 1.29 is 8.42 Å². The molecule has 19 heavy (non-hydrogen) atoms. The van der Waals surface area contributed by atoms with Gasteiger partial charge in [-0.1, -0.05) is 6.07 Å². The number of hydrogen-bond donors (Lipinski definition) is 4. The van der Waals surface area contributed by atoms with Crippen LogP contribution in [0.1, 0.15) is 0 Å². The predicted molar refractivity (Wildman–Crippen MR) is 76.9 cm³/mol. The van der Waals surface area contributed by atoms with Gasteiger partial charge in [0.1, 0.15) is 0 Å². The number of hydrogen-bond acceptors (Lipinski definition) is 5. The smallest absolute Gasteiger partial charge is 0.261 e. The molecule has 7 N–H and O–H groups in total. The molecule has 0 saturated heterocycles. The predicted octanol–water partition coefficient (Wildman–Crippen LogP) is 1.23. The highest BCUT2D eigenvalue weighted by Crippen LogP contribution is 2.22. The van der Waals surface area contributed by atoms with E-state index >= 15 is 0 Å². The lowest BCUT2D eigenvalue weighted by Crippen LogP contribution is -2.13. The van der Waals surface area contributed by atoms with Gasteiger partial charge in [-0.05, 0) is 36.4 Å². The van der Waals surface area contributed by atoms with Crippen LogP contribution >= 0.6 is 0 Å². The van der Waals surface area contributed by atoms with Crippen LogP contribution in [0.5, 0.6) is 0 Å². The van der Waals surface area contributed by atoms with E-state index in [-0.39, 0.29) is 10.6 Å². The molecule has 0 atom stereocenters. The van der Waals surface area contributed by atoms with Crippen LogP contribution in [0.15, 0.2) is 47.4 Å². The molecule has 100 valence electrons. The average Bonchev–Trinajstić information content (AvgIpc) is 2.32. The average molecular weight is 278 g/mol. The van der Waals surface area contributed by atoms with Gasteiger partial charge in [0, 0.05) is 5.69 Å². The molecule has 0 spiro atoms. The first-order valence-electron chi connectivity index (χ1n) is 5.42. The molecule has 2 aromatic rings. The molecule has 2 aromatic carbocycles. The van der Waals surface area contributed by atoms with E-state index in [2.05, 4.69) is 4.72 Å². The largest absolute Gasteiger partial charge is 0.399 e. The third-order valence-electron chi connectivity index (χ3n) is 2.51. The van der Waals surface area contributed by atoms with Gasteiger partial charge >= 0.3 is 0 Å². The summed E-state index contributed by atoms with van der Waals surface area (Å²) in [5.74, 6) is 0. The van der Waals surface area contributed by atoms with Crippen molar-refractivity contribution in [2.75, 3.05) is 21.9 Å². The van der Waals surface area contributed by atoms with Gasteiger partial charge in [-0.3, -0.25) is 4.72 Å². The quantitative estimate of drug-likeness (QED) is 0.629. The molecule has 6 nitrogen and oxygen atoms in total. The summed E-state index contributed by atoms with van der Waals surface area (Å²) in [5.41, 5.74) is 18.1. The summed E-state index contributed by atoms with van der Waals surface area (Å²) in [6.07, 6.45) is 0.